The summed E-state index contributed by atoms with van der Waals surface area (Å²) in [5.74, 6) is 0.681. The molecule has 1 aromatic heterocycles. The lowest BCUT2D eigenvalue weighted by atomic mass is 10.2. The second-order valence-corrected chi connectivity index (χ2v) is 5.58. The molecule has 0 saturated heterocycles. The minimum atomic E-state index is -0.421. The zero-order chi connectivity index (χ0) is 18.9. The van der Waals surface area contributed by atoms with Crippen LogP contribution in [0.25, 0.3) is 6.08 Å². The van der Waals surface area contributed by atoms with Gasteiger partial charge in [-0.15, -0.1) is 0 Å². The Bertz CT molecular complexity index is 974. The highest BCUT2D eigenvalue weighted by Gasteiger charge is 2.04. The highest BCUT2D eigenvalue weighted by Crippen LogP contribution is 2.25. The summed E-state index contributed by atoms with van der Waals surface area (Å²) in [5.41, 5.74) is 2.18. The van der Waals surface area contributed by atoms with Gasteiger partial charge in [0, 0.05) is 18.5 Å². The van der Waals surface area contributed by atoms with Crippen molar-refractivity contribution in [2.45, 2.75) is 6.61 Å². The molecule has 3 aromatic rings. The Balaban J connectivity index is 1.54. The van der Waals surface area contributed by atoms with Gasteiger partial charge < -0.3 is 9.47 Å². The third-order valence-corrected chi connectivity index (χ3v) is 3.66. The van der Waals surface area contributed by atoms with Crippen LogP contribution in [-0.2, 0) is 16.1 Å². The molecule has 1 heterocycles. The molecule has 0 aliphatic heterocycles. The predicted octanol–water partition coefficient (Wildman–Crippen LogP) is 4.50. The molecule has 0 fully saturated rings. The number of hydrogen-bond acceptors (Lipinski definition) is 5. The van der Waals surface area contributed by atoms with Gasteiger partial charge in [-0.25, -0.2) is 4.79 Å². The van der Waals surface area contributed by atoms with Crippen molar-refractivity contribution in [1.82, 2.24) is 4.98 Å². The lowest BCUT2D eigenvalue weighted by Gasteiger charge is -2.08. The van der Waals surface area contributed by atoms with Gasteiger partial charge in [0.25, 0.3) is 0 Å². The second-order valence-electron chi connectivity index (χ2n) is 5.58. The molecule has 0 atom stereocenters. The maximum Gasteiger partial charge on any atom is 0.331 e. The van der Waals surface area contributed by atoms with Gasteiger partial charge in [0.2, 0.25) is 0 Å². The fourth-order valence-corrected chi connectivity index (χ4v) is 2.27. The number of nitrogens with zero attached hydrogens (tertiary/aromatic N) is 2. The molecule has 0 spiro atoms. The Morgan fingerprint density at radius 3 is 2.52 bits per heavy atom. The minimum absolute atomic E-state index is 0.161. The summed E-state index contributed by atoms with van der Waals surface area (Å²) in [6.45, 7) is 0.161. The third kappa shape index (κ3) is 5.28. The van der Waals surface area contributed by atoms with E-state index in [2.05, 4.69) is 11.1 Å². The molecule has 3 rings (SSSR count). The second kappa shape index (κ2) is 8.97. The summed E-state index contributed by atoms with van der Waals surface area (Å²) in [5, 5.41) is 9.09. The SMILES string of the molecule is N#Cc1ccccc1Oc1ccc(COC(=O)/C=C/c2ccncc2)cc1. The molecule has 0 unspecified atom stereocenters. The van der Waals surface area contributed by atoms with Crippen LogP contribution in [0.4, 0.5) is 0 Å². The van der Waals surface area contributed by atoms with E-state index in [4.69, 9.17) is 14.7 Å². The summed E-state index contributed by atoms with van der Waals surface area (Å²) in [6, 6.07) is 19.9. The highest BCUT2D eigenvalue weighted by atomic mass is 16.5. The number of hydrogen-bond donors (Lipinski definition) is 0. The van der Waals surface area contributed by atoms with Gasteiger partial charge in [0.05, 0.1) is 5.56 Å². The van der Waals surface area contributed by atoms with E-state index in [1.54, 1.807) is 60.9 Å². The van der Waals surface area contributed by atoms with Crippen LogP contribution >= 0.6 is 0 Å². The molecule has 2 aromatic carbocycles. The predicted molar refractivity (Wildman–Crippen MR) is 101 cm³/mol. The van der Waals surface area contributed by atoms with E-state index in [9.17, 15) is 4.79 Å². The first-order chi connectivity index (χ1) is 13.2. The first kappa shape index (κ1) is 17.9. The molecule has 132 valence electrons. The zero-order valence-corrected chi connectivity index (χ0v) is 14.4. The van der Waals surface area contributed by atoms with Crippen molar-refractivity contribution < 1.29 is 14.3 Å². The molecule has 5 heteroatoms. The first-order valence-electron chi connectivity index (χ1n) is 8.25. The summed E-state index contributed by atoms with van der Waals surface area (Å²) in [6.07, 6.45) is 6.37. The summed E-state index contributed by atoms with van der Waals surface area (Å²) >= 11 is 0. The number of para-hydroxylation sites is 1. The van der Waals surface area contributed by atoms with E-state index < -0.39 is 5.97 Å². The summed E-state index contributed by atoms with van der Waals surface area (Å²) in [7, 11) is 0. The van der Waals surface area contributed by atoms with Gasteiger partial charge in [0.1, 0.15) is 24.2 Å². The van der Waals surface area contributed by atoms with Crippen molar-refractivity contribution in [2.75, 3.05) is 0 Å². The highest BCUT2D eigenvalue weighted by molar-refractivity contribution is 5.86. The third-order valence-electron chi connectivity index (χ3n) is 3.66. The fraction of sp³-hybridized carbons (Fsp3) is 0.0455. The Morgan fingerprint density at radius 2 is 1.78 bits per heavy atom. The van der Waals surface area contributed by atoms with Crippen molar-refractivity contribution in [1.29, 1.82) is 5.26 Å². The first-order valence-corrected chi connectivity index (χ1v) is 8.25. The molecular weight excluding hydrogens is 340 g/mol. The van der Waals surface area contributed by atoms with Crippen LogP contribution in [0.1, 0.15) is 16.7 Å². The Kier molecular flexibility index (Phi) is 5.95. The number of rotatable bonds is 6. The lowest BCUT2D eigenvalue weighted by Crippen LogP contribution is -2.00. The van der Waals surface area contributed by atoms with Crippen molar-refractivity contribution in [3.63, 3.8) is 0 Å². The van der Waals surface area contributed by atoms with Crippen molar-refractivity contribution in [2.24, 2.45) is 0 Å². The van der Waals surface area contributed by atoms with Gasteiger partial charge in [-0.1, -0.05) is 24.3 Å². The number of benzene rings is 2. The fourth-order valence-electron chi connectivity index (χ4n) is 2.27. The monoisotopic (exact) mass is 356 g/mol. The minimum Gasteiger partial charge on any atom is -0.458 e. The van der Waals surface area contributed by atoms with Crippen molar-refractivity contribution in [3.8, 4) is 17.6 Å². The Hall–Kier alpha value is -3.91. The van der Waals surface area contributed by atoms with Crippen LogP contribution in [-0.4, -0.2) is 11.0 Å². The van der Waals surface area contributed by atoms with Crippen molar-refractivity contribution in [3.05, 3.63) is 95.8 Å². The number of ether oxygens (including phenoxy) is 2. The quantitative estimate of drug-likeness (QED) is 0.480. The number of carbonyl (C=O) groups excluding carboxylic acids is 1. The van der Waals surface area contributed by atoms with Gasteiger partial charge >= 0.3 is 5.97 Å². The maximum absolute atomic E-state index is 11.8. The van der Waals surface area contributed by atoms with Gasteiger partial charge in [-0.3, -0.25) is 4.98 Å². The molecule has 0 aliphatic carbocycles. The number of nitriles is 1. The van der Waals surface area contributed by atoms with Crippen LogP contribution in [0.2, 0.25) is 0 Å². The lowest BCUT2D eigenvalue weighted by molar-refractivity contribution is -0.138. The van der Waals surface area contributed by atoms with Gasteiger partial charge in [0.15, 0.2) is 0 Å². The van der Waals surface area contributed by atoms with E-state index in [0.717, 1.165) is 11.1 Å². The average molecular weight is 356 g/mol. The molecule has 0 radical (unpaired) electrons. The number of pyridine rings is 1. The molecule has 0 amide bonds. The molecule has 27 heavy (non-hydrogen) atoms. The number of aromatic nitrogens is 1. The Morgan fingerprint density at radius 1 is 1.04 bits per heavy atom. The van der Waals surface area contributed by atoms with E-state index >= 15 is 0 Å². The summed E-state index contributed by atoms with van der Waals surface area (Å²) in [4.78, 5) is 15.7. The maximum atomic E-state index is 11.8. The van der Waals surface area contributed by atoms with E-state index in [-0.39, 0.29) is 6.61 Å². The molecule has 0 bridgehead atoms. The summed E-state index contributed by atoms with van der Waals surface area (Å²) < 4.78 is 10.9. The number of esters is 1. The average Bonchev–Trinajstić information content (AvgIpc) is 2.73. The molecule has 0 N–H and O–H groups in total. The van der Waals surface area contributed by atoms with E-state index in [1.165, 1.54) is 6.08 Å². The normalized spacial score (nSPS) is 10.3. The Labute approximate surface area is 157 Å². The topological polar surface area (TPSA) is 72.2 Å². The van der Waals surface area contributed by atoms with Gasteiger partial charge in [-0.2, -0.15) is 5.26 Å². The molecular formula is C22H16N2O3. The van der Waals surface area contributed by atoms with Crippen LogP contribution in [0.5, 0.6) is 11.5 Å². The van der Waals surface area contributed by atoms with E-state index in [1.807, 2.05) is 18.2 Å². The molecule has 0 aliphatic rings. The van der Waals surface area contributed by atoms with Crippen LogP contribution in [0.15, 0.2) is 79.1 Å². The van der Waals surface area contributed by atoms with E-state index in [0.29, 0.717) is 17.1 Å². The van der Waals surface area contributed by atoms with Gasteiger partial charge in [-0.05, 0) is 53.6 Å². The van der Waals surface area contributed by atoms with Crippen LogP contribution in [0.3, 0.4) is 0 Å². The van der Waals surface area contributed by atoms with Crippen molar-refractivity contribution >= 4 is 12.0 Å². The molecule has 0 saturated carbocycles. The molecule has 5 nitrogen and oxygen atoms in total. The van der Waals surface area contributed by atoms with Crippen LogP contribution in [0, 0.1) is 11.3 Å². The van der Waals surface area contributed by atoms with Crippen LogP contribution < -0.4 is 4.74 Å². The number of carbonyl (C=O) groups is 1. The largest absolute Gasteiger partial charge is 0.458 e. The zero-order valence-electron chi connectivity index (χ0n) is 14.4. The smallest absolute Gasteiger partial charge is 0.331 e. The standard InChI is InChI=1S/C22H16N2O3/c23-15-19-3-1-2-4-21(19)27-20-8-5-18(6-9-20)16-26-22(25)10-7-17-11-13-24-14-12-17/h1-14H,16H2/b10-7+.